The number of piperidine rings is 1. The van der Waals surface area contributed by atoms with Crippen LogP contribution < -0.4 is 14.2 Å². The van der Waals surface area contributed by atoms with Crippen molar-refractivity contribution in [2.45, 2.75) is 18.8 Å². The number of ether oxygens (including phenoxy) is 3. The number of allylic oxidation sites excluding steroid dienone is 1. The van der Waals surface area contributed by atoms with Gasteiger partial charge in [0.2, 0.25) is 5.78 Å². The number of benzene rings is 1. The Labute approximate surface area is 164 Å². The van der Waals surface area contributed by atoms with Gasteiger partial charge in [-0.25, -0.2) is 0 Å². The highest BCUT2D eigenvalue weighted by Crippen LogP contribution is 2.50. The molecule has 0 saturated carbocycles. The summed E-state index contributed by atoms with van der Waals surface area (Å²) in [6.45, 7) is 2.00. The van der Waals surface area contributed by atoms with E-state index in [1.54, 1.807) is 38.8 Å². The summed E-state index contributed by atoms with van der Waals surface area (Å²) in [5, 5.41) is 0. The first kappa shape index (κ1) is 18.5. The standard InChI is InChI=1S/C22H24N2O4/c1-24-9-6-15(7-10-24)19-16(26-2)12-17(27-3)20-21(25)18(28-22(19)20)11-14-5-4-8-23-13-14/h4-5,8,11-13,15H,6-7,9-10H2,1-3H3/b18-11-. The fourth-order valence-electron chi connectivity index (χ4n) is 3.95. The first-order chi connectivity index (χ1) is 13.6. The van der Waals surface area contributed by atoms with Gasteiger partial charge in [0, 0.05) is 24.0 Å². The molecule has 6 heteroatoms. The summed E-state index contributed by atoms with van der Waals surface area (Å²) in [6, 6.07) is 5.52. The van der Waals surface area contributed by atoms with E-state index in [-0.39, 0.29) is 17.5 Å². The number of hydrogen-bond acceptors (Lipinski definition) is 6. The average Bonchev–Trinajstić information content (AvgIpc) is 3.04. The number of likely N-dealkylation sites (tertiary alicyclic amines) is 1. The highest BCUT2D eigenvalue weighted by molar-refractivity contribution is 6.16. The van der Waals surface area contributed by atoms with Gasteiger partial charge in [-0.05, 0) is 56.6 Å². The Morgan fingerprint density at radius 1 is 1.21 bits per heavy atom. The second-order valence-corrected chi connectivity index (χ2v) is 7.20. The molecule has 2 aliphatic rings. The molecule has 2 aliphatic heterocycles. The minimum absolute atomic E-state index is 0.174. The van der Waals surface area contributed by atoms with Gasteiger partial charge >= 0.3 is 0 Å². The summed E-state index contributed by atoms with van der Waals surface area (Å²) < 4.78 is 17.3. The van der Waals surface area contributed by atoms with E-state index in [9.17, 15) is 4.79 Å². The van der Waals surface area contributed by atoms with Gasteiger partial charge in [-0.2, -0.15) is 0 Å². The predicted molar refractivity (Wildman–Crippen MR) is 106 cm³/mol. The summed E-state index contributed by atoms with van der Waals surface area (Å²) in [5.41, 5.74) is 2.26. The van der Waals surface area contributed by atoms with Crippen molar-refractivity contribution < 1.29 is 19.0 Å². The molecule has 0 amide bonds. The van der Waals surface area contributed by atoms with E-state index in [4.69, 9.17) is 14.2 Å². The number of ketones is 1. The predicted octanol–water partition coefficient (Wildman–Crippen LogP) is 3.52. The molecule has 0 atom stereocenters. The summed E-state index contributed by atoms with van der Waals surface area (Å²) in [4.78, 5) is 19.5. The molecule has 2 aromatic rings. The van der Waals surface area contributed by atoms with Crippen molar-refractivity contribution in [3.63, 3.8) is 0 Å². The third-order valence-electron chi connectivity index (χ3n) is 5.46. The first-order valence-corrected chi connectivity index (χ1v) is 9.44. The number of fused-ring (bicyclic) bond motifs is 1. The average molecular weight is 380 g/mol. The number of rotatable bonds is 4. The lowest BCUT2D eigenvalue weighted by Gasteiger charge is -2.30. The quantitative estimate of drug-likeness (QED) is 0.757. The van der Waals surface area contributed by atoms with Crippen molar-refractivity contribution in [3.8, 4) is 17.2 Å². The van der Waals surface area contributed by atoms with Gasteiger partial charge in [0.1, 0.15) is 22.8 Å². The Hall–Kier alpha value is -2.86. The summed E-state index contributed by atoms with van der Waals surface area (Å²) in [6.07, 6.45) is 7.10. The Bertz CT molecular complexity index is 916. The monoisotopic (exact) mass is 380 g/mol. The second kappa shape index (κ2) is 7.64. The zero-order chi connectivity index (χ0) is 19.7. The van der Waals surface area contributed by atoms with Gasteiger partial charge in [-0.3, -0.25) is 9.78 Å². The van der Waals surface area contributed by atoms with Gasteiger partial charge in [0.15, 0.2) is 5.76 Å². The molecule has 6 nitrogen and oxygen atoms in total. The number of Topliss-reactive ketones (excluding diaryl/α,β-unsaturated/α-hetero) is 1. The second-order valence-electron chi connectivity index (χ2n) is 7.20. The highest BCUT2D eigenvalue weighted by Gasteiger charge is 2.38. The molecule has 146 valence electrons. The summed E-state index contributed by atoms with van der Waals surface area (Å²) in [7, 11) is 5.32. The molecule has 1 fully saturated rings. The van der Waals surface area contributed by atoms with E-state index in [1.165, 1.54) is 0 Å². The maximum Gasteiger partial charge on any atom is 0.235 e. The van der Waals surface area contributed by atoms with Crippen molar-refractivity contribution in [2.75, 3.05) is 34.4 Å². The molecule has 1 aromatic heterocycles. The van der Waals surface area contributed by atoms with Crippen LogP contribution in [-0.4, -0.2) is 50.0 Å². The Balaban J connectivity index is 1.81. The molecule has 0 aliphatic carbocycles. The van der Waals surface area contributed by atoms with Crippen LogP contribution in [0.2, 0.25) is 0 Å². The highest BCUT2D eigenvalue weighted by atomic mass is 16.5. The van der Waals surface area contributed by atoms with Crippen LogP contribution >= 0.6 is 0 Å². The summed E-state index contributed by atoms with van der Waals surface area (Å²) in [5.74, 6) is 2.14. The van der Waals surface area contributed by atoms with Crippen LogP contribution in [0.4, 0.5) is 0 Å². The van der Waals surface area contributed by atoms with Crippen molar-refractivity contribution in [3.05, 3.63) is 53.0 Å². The number of carbonyl (C=O) groups excluding carboxylic acids is 1. The molecular weight excluding hydrogens is 356 g/mol. The minimum atomic E-state index is -0.174. The van der Waals surface area contributed by atoms with Gasteiger partial charge in [0.05, 0.1) is 14.2 Å². The van der Waals surface area contributed by atoms with Gasteiger partial charge in [-0.1, -0.05) is 6.07 Å². The molecule has 4 rings (SSSR count). The van der Waals surface area contributed by atoms with E-state index in [1.807, 2.05) is 12.1 Å². The molecule has 1 aromatic carbocycles. The van der Waals surface area contributed by atoms with E-state index in [0.717, 1.165) is 37.1 Å². The topological polar surface area (TPSA) is 60.9 Å². The smallest absolute Gasteiger partial charge is 0.235 e. The third kappa shape index (κ3) is 3.24. The zero-order valence-corrected chi connectivity index (χ0v) is 16.4. The fourth-order valence-corrected chi connectivity index (χ4v) is 3.95. The lowest BCUT2D eigenvalue weighted by atomic mass is 9.86. The Kier molecular flexibility index (Phi) is 5.05. The van der Waals surface area contributed by atoms with Crippen LogP contribution in [0.1, 0.15) is 40.2 Å². The van der Waals surface area contributed by atoms with Crippen molar-refractivity contribution in [1.29, 1.82) is 0 Å². The van der Waals surface area contributed by atoms with Crippen molar-refractivity contribution in [2.24, 2.45) is 0 Å². The number of nitrogens with zero attached hydrogens (tertiary/aromatic N) is 2. The molecule has 0 bridgehead atoms. The molecule has 0 spiro atoms. The minimum Gasteiger partial charge on any atom is -0.496 e. The first-order valence-electron chi connectivity index (χ1n) is 9.44. The van der Waals surface area contributed by atoms with Crippen LogP contribution in [0, 0.1) is 0 Å². The van der Waals surface area contributed by atoms with Crippen LogP contribution in [-0.2, 0) is 0 Å². The third-order valence-corrected chi connectivity index (χ3v) is 5.46. The van der Waals surface area contributed by atoms with Crippen molar-refractivity contribution >= 4 is 11.9 Å². The molecule has 0 radical (unpaired) electrons. The molecule has 0 N–H and O–H groups in total. The van der Waals surface area contributed by atoms with Crippen LogP contribution in [0.15, 0.2) is 36.4 Å². The van der Waals surface area contributed by atoms with Crippen LogP contribution in [0.25, 0.3) is 6.08 Å². The zero-order valence-electron chi connectivity index (χ0n) is 16.4. The SMILES string of the molecule is COc1cc(OC)c(C2CCN(C)CC2)c2c1C(=O)/C(=C/c1cccnc1)O2. The van der Waals surface area contributed by atoms with Crippen LogP contribution in [0.5, 0.6) is 17.2 Å². The molecule has 28 heavy (non-hydrogen) atoms. The molecule has 0 unspecified atom stereocenters. The van der Waals surface area contributed by atoms with Gasteiger partial charge in [-0.15, -0.1) is 0 Å². The maximum absolute atomic E-state index is 13.1. The van der Waals surface area contributed by atoms with Crippen molar-refractivity contribution in [1.82, 2.24) is 9.88 Å². The van der Waals surface area contributed by atoms with Gasteiger partial charge < -0.3 is 19.1 Å². The Morgan fingerprint density at radius 2 is 1.96 bits per heavy atom. The molecule has 1 saturated heterocycles. The maximum atomic E-state index is 13.1. The van der Waals surface area contributed by atoms with E-state index >= 15 is 0 Å². The largest absolute Gasteiger partial charge is 0.496 e. The number of aromatic nitrogens is 1. The van der Waals surface area contributed by atoms with Gasteiger partial charge in [0.25, 0.3) is 0 Å². The number of hydrogen-bond donors (Lipinski definition) is 0. The number of pyridine rings is 1. The normalized spacial score (nSPS) is 18.8. The number of methoxy groups -OCH3 is 2. The lowest BCUT2D eigenvalue weighted by molar-refractivity contribution is 0.101. The van der Waals surface area contributed by atoms with E-state index in [2.05, 4.69) is 16.9 Å². The molecular formula is C22H24N2O4. The summed E-state index contributed by atoms with van der Waals surface area (Å²) >= 11 is 0. The van der Waals surface area contributed by atoms with Crippen LogP contribution in [0.3, 0.4) is 0 Å². The lowest BCUT2D eigenvalue weighted by Crippen LogP contribution is -2.29. The van der Waals surface area contributed by atoms with E-state index in [0.29, 0.717) is 22.8 Å². The Morgan fingerprint density at radius 3 is 2.61 bits per heavy atom. The molecule has 3 heterocycles. The fraction of sp³-hybridized carbons (Fsp3) is 0.364. The van der Waals surface area contributed by atoms with E-state index < -0.39 is 0 Å². The number of carbonyl (C=O) groups is 1.